The number of aromatic nitrogens is 1. The van der Waals surface area contributed by atoms with Crippen molar-refractivity contribution in [3.05, 3.63) is 71.9 Å². The third-order valence-corrected chi connectivity index (χ3v) is 4.15. The van der Waals surface area contributed by atoms with Crippen LogP contribution in [0.3, 0.4) is 0 Å². The van der Waals surface area contributed by atoms with E-state index in [1.165, 1.54) is 0 Å². The van der Waals surface area contributed by atoms with Gasteiger partial charge in [-0.3, -0.25) is 9.59 Å². The molecule has 1 amide bonds. The highest BCUT2D eigenvalue weighted by molar-refractivity contribution is 5.98. The summed E-state index contributed by atoms with van der Waals surface area (Å²) >= 11 is 0. The van der Waals surface area contributed by atoms with E-state index in [-0.39, 0.29) is 5.91 Å². The predicted molar refractivity (Wildman–Crippen MR) is 91.7 cm³/mol. The van der Waals surface area contributed by atoms with Gasteiger partial charge in [-0.05, 0) is 36.8 Å². The number of carboxylic acid groups (broad SMARTS) is 1. The summed E-state index contributed by atoms with van der Waals surface area (Å²) < 4.78 is 0. The molecule has 24 heavy (non-hydrogen) atoms. The second-order valence-corrected chi connectivity index (χ2v) is 5.77. The lowest BCUT2D eigenvalue weighted by Gasteiger charge is -2.23. The van der Waals surface area contributed by atoms with Gasteiger partial charge >= 0.3 is 5.97 Å². The number of fused-ring (bicyclic) bond motifs is 1. The molecule has 0 saturated carbocycles. The van der Waals surface area contributed by atoms with Crippen LogP contribution in [0.25, 0.3) is 10.9 Å². The van der Waals surface area contributed by atoms with Crippen LogP contribution in [0.2, 0.25) is 0 Å². The van der Waals surface area contributed by atoms with E-state index in [1.54, 1.807) is 19.1 Å². The molecule has 0 aliphatic heterocycles. The predicted octanol–water partition coefficient (Wildman–Crippen LogP) is 3.36. The lowest BCUT2D eigenvalue weighted by molar-refractivity contribution is -0.142. The zero-order valence-electron chi connectivity index (χ0n) is 13.2. The summed E-state index contributed by atoms with van der Waals surface area (Å²) in [5, 5.41) is 13.1. The van der Waals surface area contributed by atoms with Crippen LogP contribution in [0.4, 0.5) is 0 Å². The molecule has 0 bridgehead atoms. The molecule has 5 nitrogen and oxygen atoms in total. The first-order valence-electron chi connectivity index (χ1n) is 7.72. The fourth-order valence-corrected chi connectivity index (χ4v) is 2.72. The van der Waals surface area contributed by atoms with Crippen molar-refractivity contribution in [1.29, 1.82) is 0 Å². The third-order valence-electron chi connectivity index (χ3n) is 4.15. The summed E-state index contributed by atoms with van der Waals surface area (Å²) in [5.74, 6) is -1.99. The zero-order chi connectivity index (χ0) is 17.1. The maximum atomic E-state index is 12.6. The number of carbonyl (C=O) groups is 2. The Balaban J connectivity index is 1.88. The van der Waals surface area contributed by atoms with Crippen molar-refractivity contribution in [3.63, 3.8) is 0 Å². The molecule has 0 aliphatic rings. The highest BCUT2D eigenvalue weighted by atomic mass is 16.4. The smallest absolute Gasteiger partial charge is 0.308 e. The van der Waals surface area contributed by atoms with Crippen molar-refractivity contribution in [2.75, 3.05) is 0 Å². The molecule has 3 N–H and O–H groups in total. The van der Waals surface area contributed by atoms with E-state index in [9.17, 15) is 14.7 Å². The number of nitrogens with one attached hydrogen (secondary N) is 2. The van der Waals surface area contributed by atoms with Gasteiger partial charge in [0.15, 0.2) is 0 Å². The number of carboxylic acids is 1. The van der Waals surface area contributed by atoms with Gasteiger partial charge in [0, 0.05) is 22.7 Å². The molecule has 1 heterocycles. The summed E-state index contributed by atoms with van der Waals surface area (Å²) in [4.78, 5) is 27.1. The van der Waals surface area contributed by atoms with Gasteiger partial charge in [-0.25, -0.2) is 0 Å². The van der Waals surface area contributed by atoms with Gasteiger partial charge in [0.2, 0.25) is 0 Å². The van der Waals surface area contributed by atoms with Crippen LogP contribution < -0.4 is 5.32 Å². The first kappa shape index (κ1) is 15.8. The maximum Gasteiger partial charge on any atom is 0.308 e. The Morgan fingerprint density at radius 2 is 1.83 bits per heavy atom. The number of benzene rings is 2. The van der Waals surface area contributed by atoms with Gasteiger partial charge in [0.25, 0.3) is 5.91 Å². The Morgan fingerprint density at radius 1 is 1.08 bits per heavy atom. The molecule has 0 radical (unpaired) electrons. The number of H-pyrrole nitrogens is 1. The first-order chi connectivity index (χ1) is 11.6. The lowest BCUT2D eigenvalue weighted by atomic mass is 9.94. The number of amides is 1. The van der Waals surface area contributed by atoms with Gasteiger partial charge in [-0.15, -0.1) is 0 Å². The van der Waals surface area contributed by atoms with Crippen LogP contribution in [0.15, 0.2) is 60.8 Å². The minimum atomic E-state index is -0.953. The number of hydrogen-bond donors (Lipinski definition) is 3. The average Bonchev–Trinajstić information content (AvgIpc) is 3.07. The second kappa shape index (κ2) is 6.58. The zero-order valence-corrected chi connectivity index (χ0v) is 13.2. The Labute approximate surface area is 139 Å². The van der Waals surface area contributed by atoms with Crippen molar-refractivity contribution in [1.82, 2.24) is 10.3 Å². The first-order valence-corrected chi connectivity index (χ1v) is 7.72. The fourth-order valence-electron chi connectivity index (χ4n) is 2.72. The highest BCUT2D eigenvalue weighted by Crippen LogP contribution is 2.23. The molecule has 122 valence electrons. The molecule has 0 unspecified atom stereocenters. The Morgan fingerprint density at radius 3 is 2.54 bits per heavy atom. The molecule has 0 fully saturated rings. The summed E-state index contributed by atoms with van der Waals surface area (Å²) in [7, 11) is 0. The largest absolute Gasteiger partial charge is 0.481 e. The van der Waals surface area contributed by atoms with E-state index in [0.29, 0.717) is 5.56 Å². The van der Waals surface area contributed by atoms with Crippen molar-refractivity contribution in [2.24, 2.45) is 5.92 Å². The van der Waals surface area contributed by atoms with Crippen molar-refractivity contribution < 1.29 is 14.7 Å². The maximum absolute atomic E-state index is 12.6. The number of aliphatic carboxylic acids is 1. The Hall–Kier alpha value is -3.08. The molecule has 3 rings (SSSR count). The fraction of sp³-hybridized carbons (Fsp3) is 0.158. The molecule has 5 heteroatoms. The van der Waals surface area contributed by atoms with Gasteiger partial charge in [-0.2, -0.15) is 0 Å². The van der Waals surface area contributed by atoms with E-state index in [4.69, 9.17) is 0 Å². The van der Waals surface area contributed by atoms with E-state index in [0.717, 1.165) is 16.5 Å². The third kappa shape index (κ3) is 3.15. The van der Waals surface area contributed by atoms with Crippen LogP contribution in [-0.2, 0) is 4.79 Å². The van der Waals surface area contributed by atoms with Gasteiger partial charge in [0.1, 0.15) is 0 Å². The van der Waals surface area contributed by atoms with Crippen molar-refractivity contribution in [2.45, 2.75) is 13.0 Å². The van der Waals surface area contributed by atoms with Crippen LogP contribution in [0.5, 0.6) is 0 Å². The van der Waals surface area contributed by atoms with E-state index < -0.39 is 17.9 Å². The van der Waals surface area contributed by atoms with E-state index in [1.807, 2.05) is 48.7 Å². The number of aromatic amines is 1. The highest BCUT2D eigenvalue weighted by Gasteiger charge is 2.27. The van der Waals surface area contributed by atoms with Crippen LogP contribution >= 0.6 is 0 Å². The molecule has 1 aromatic heterocycles. The molecule has 0 aliphatic carbocycles. The molecular formula is C19H18N2O3. The van der Waals surface area contributed by atoms with Crippen molar-refractivity contribution >= 4 is 22.8 Å². The van der Waals surface area contributed by atoms with E-state index >= 15 is 0 Å². The molecule has 2 atom stereocenters. The normalized spacial score (nSPS) is 13.4. The molecular weight excluding hydrogens is 304 g/mol. The second-order valence-electron chi connectivity index (χ2n) is 5.77. The number of carbonyl (C=O) groups excluding carboxylic acids is 1. The quantitative estimate of drug-likeness (QED) is 0.673. The molecule has 3 aromatic rings. The van der Waals surface area contributed by atoms with Crippen molar-refractivity contribution in [3.8, 4) is 0 Å². The van der Waals surface area contributed by atoms with Gasteiger partial charge < -0.3 is 15.4 Å². The topological polar surface area (TPSA) is 82.2 Å². The SMILES string of the molecule is C[C@H](C(=O)O)[C@@H](NC(=O)c1ccc2[nH]ccc2c1)c1ccccc1. The Kier molecular flexibility index (Phi) is 4.33. The lowest BCUT2D eigenvalue weighted by Crippen LogP contribution is -2.35. The molecule has 0 spiro atoms. The van der Waals surface area contributed by atoms with Crippen LogP contribution in [0, 0.1) is 5.92 Å². The van der Waals surface area contributed by atoms with E-state index in [2.05, 4.69) is 10.3 Å². The average molecular weight is 322 g/mol. The molecule has 2 aromatic carbocycles. The summed E-state index contributed by atoms with van der Waals surface area (Å²) in [6, 6.07) is 15.8. The standard InChI is InChI=1S/C19H18N2O3/c1-12(19(23)24)17(13-5-3-2-4-6-13)21-18(22)15-7-8-16-14(11-15)9-10-20-16/h2-12,17,20H,1H3,(H,21,22)(H,23,24)/t12-,17+/m0/s1. The van der Waals surface area contributed by atoms with Gasteiger partial charge in [-0.1, -0.05) is 30.3 Å². The monoisotopic (exact) mass is 322 g/mol. The van der Waals surface area contributed by atoms with Crippen LogP contribution in [0.1, 0.15) is 28.9 Å². The summed E-state index contributed by atoms with van der Waals surface area (Å²) in [6.45, 7) is 1.59. The number of rotatable bonds is 5. The van der Waals surface area contributed by atoms with Gasteiger partial charge in [0.05, 0.1) is 12.0 Å². The number of hydrogen-bond acceptors (Lipinski definition) is 2. The minimum absolute atomic E-state index is 0.292. The summed E-state index contributed by atoms with van der Waals surface area (Å²) in [5.41, 5.74) is 2.22. The Bertz CT molecular complexity index is 870. The summed E-state index contributed by atoms with van der Waals surface area (Å²) in [6.07, 6.45) is 1.81. The minimum Gasteiger partial charge on any atom is -0.481 e. The molecule has 0 saturated heterocycles. The van der Waals surface area contributed by atoms with Crippen LogP contribution in [-0.4, -0.2) is 22.0 Å².